The highest BCUT2D eigenvalue weighted by atomic mass is 16.5. The predicted molar refractivity (Wildman–Crippen MR) is 130 cm³/mol. The van der Waals surface area contributed by atoms with Crippen LogP contribution < -0.4 is 0 Å². The minimum atomic E-state index is -0.751. The van der Waals surface area contributed by atoms with E-state index in [1.807, 2.05) is 24.5 Å². The summed E-state index contributed by atoms with van der Waals surface area (Å²) in [5.41, 5.74) is 1.11. The van der Waals surface area contributed by atoms with E-state index < -0.39 is 11.2 Å². The molecule has 33 heavy (non-hydrogen) atoms. The second-order valence-electron chi connectivity index (χ2n) is 11.3. The van der Waals surface area contributed by atoms with E-state index in [1.165, 1.54) is 0 Å². The highest BCUT2D eigenvalue weighted by Crippen LogP contribution is 2.72. The van der Waals surface area contributed by atoms with E-state index in [-0.39, 0.29) is 22.9 Å². The summed E-state index contributed by atoms with van der Waals surface area (Å²) in [5, 5.41) is 12.6. The molecular weight excluding hydrogens is 412 g/mol. The Kier molecular flexibility index (Phi) is 5.78. The van der Waals surface area contributed by atoms with E-state index in [0.29, 0.717) is 19.1 Å². The highest BCUT2D eigenvalue weighted by Gasteiger charge is 2.72. The maximum atomic E-state index is 12.6. The van der Waals surface area contributed by atoms with Crippen LogP contribution in [0.5, 0.6) is 0 Å². The molecule has 1 N–H and O–H groups in total. The maximum absolute atomic E-state index is 12.6. The van der Waals surface area contributed by atoms with Crippen LogP contribution in [0.4, 0.5) is 0 Å². The number of ether oxygens (including phenoxy) is 2. The molecule has 7 atom stereocenters. The zero-order chi connectivity index (χ0) is 23.3. The van der Waals surface area contributed by atoms with Gasteiger partial charge in [-0.2, -0.15) is 0 Å². The zero-order valence-corrected chi connectivity index (χ0v) is 20.4. The van der Waals surface area contributed by atoms with Crippen LogP contribution in [0.2, 0.25) is 0 Å². The van der Waals surface area contributed by atoms with E-state index in [9.17, 15) is 5.11 Å². The van der Waals surface area contributed by atoms with Crippen LogP contribution in [0.1, 0.15) is 70.8 Å². The van der Waals surface area contributed by atoms with Crippen LogP contribution in [0, 0.1) is 22.7 Å². The molecule has 0 unspecified atom stereocenters. The third-order valence-electron chi connectivity index (χ3n) is 10.2. The second kappa shape index (κ2) is 8.25. The van der Waals surface area contributed by atoms with Crippen molar-refractivity contribution in [1.29, 1.82) is 0 Å². The Labute approximate surface area is 198 Å². The van der Waals surface area contributed by atoms with Crippen LogP contribution in [0.15, 0.2) is 60.0 Å². The molecule has 0 saturated heterocycles. The van der Waals surface area contributed by atoms with Crippen LogP contribution in [0.25, 0.3) is 0 Å². The molecule has 0 aromatic carbocycles. The maximum Gasteiger partial charge on any atom is 0.105 e. The smallest absolute Gasteiger partial charge is 0.105 e. The average molecular weight is 453 g/mol. The van der Waals surface area contributed by atoms with Crippen molar-refractivity contribution in [2.75, 3.05) is 13.2 Å². The van der Waals surface area contributed by atoms with E-state index in [4.69, 9.17) is 13.9 Å². The molecule has 180 valence electrons. The van der Waals surface area contributed by atoms with Gasteiger partial charge in [0.1, 0.15) is 5.60 Å². The van der Waals surface area contributed by atoms with Crippen LogP contribution in [-0.4, -0.2) is 30.0 Å². The third-order valence-corrected chi connectivity index (χ3v) is 10.2. The fourth-order valence-electron chi connectivity index (χ4n) is 8.46. The van der Waals surface area contributed by atoms with Gasteiger partial charge < -0.3 is 19.0 Å². The van der Waals surface area contributed by atoms with Gasteiger partial charge in [-0.1, -0.05) is 37.6 Å². The van der Waals surface area contributed by atoms with Gasteiger partial charge in [-0.15, -0.1) is 13.2 Å². The molecule has 0 aliphatic heterocycles. The van der Waals surface area contributed by atoms with Crippen molar-refractivity contribution in [3.8, 4) is 0 Å². The predicted octanol–water partition coefficient (Wildman–Crippen LogP) is 6.33. The van der Waals surface area contributed by atoms with Crippen molar-refractivity contribution in [3.63, 3.8) is 0 Å². The Morgan fingerprint density at radius 2 is 1.88 bits per heavy atom. The van der Waals surface area contributed by atoms with Gasteiger partial charge in [0, 0.05) is 11.0 Å². The lowest BCUT2D eigenvalue weighted by atomic mass is 9.44. The summed E-state index contributed by atoms with van der Waals surface area (Å²) in [6, 6.07) is 2.03. The SMILES string of the molecule is C=CCO[C@@H]1C=C2CC[C@@H]3[C@H](CC[C@]4(C)[C@@](OCC=C)(c5ccoc5)CC[C@]34O)[C@@]2(C)CC1. The van der Waals surface area contributed by atoms with Gasteiger partial charge in [-0.05, 0) is 74.7 Å². The topological polar surface area (TPSA) is 51.8 Å². The lowest BCUT2D eigenvalue weighted by Crippen LogP contribution is -2.64. The molecule has 3 fully saturated rings. The number of furan rings is 1. The molecule has 5 rings (SSSR count). The van der Waals surface area contributed by atoms with Crippen molar-refractivity contribution >= 4 is 0 Å². The highest BCUT2D eigenvalue weighted by molar-refractivity contribution is 5.33. The molecule has 0 radical (unpaired) electrons. The summed E-state index contributed by atoms with van der Waals surface area (Å²) in [6.45, 7) is 13.5. The Morgan fingerprint density at radius 1 is 1.06 bits per heavy atom. The second-order valence-corrected chi connectivity index (χ2v) is 11.3. The van der Waals surface area contributed by atoms with Gasteiger partial charge in [-0.25, -0.2) is 0 Å². The van der Waals surface area contributed by atoms with E-state index >= 15 is 0 Å². The lowest BCUT2D eigenvalue weighted by Gasteiger charge is -2.63. The molecule has 4 heteroatoms. The number of aliphatic hydroxyl groups is 1. The third kappa shape index (κ3) is 3.13. The first-order valence-electron chi connectivity index (χ1n) is 12.8. The summed E-state index contributed by atoms with van der Waals surface area (Å²) in [5.74, 6) is 0.778. The fraction of sp³-hybridized carbons (Fsp3) is 0.655. The number of rotatable bonds is 7. The van der Waals surface area contributed by atoms with E-state index in [2.05, 4.69) is 33.1 Å². The van der Waals surface area contributed by atoms with Crippen molar-refractivity contribution < 1.29 is 19.0 Å². The fourth-order valence-corrected chi connectivity index (χ4v) is 8.46. The van der Waals surface area contributed by atoms with Gasteiger partial charge in [0.15, 0.2) is 0 Å². The van der Waals surface area contributed by atoms with Gasteiger partial charge in [0.2, 0.25) is 0 Å². The lowest BCUT2D eigenvalue weighted by molar-refractivity contribution is -0.233. The Morgan fingerprint density at radius 3 is 2.61 bits per heavy atom. The van der Waals surface area contributed by atoms with Crippen molar-refractivity contribution in [3.05, 3.63) is 61.1 Å². The average Bonchev–Trinajstić information content (AvgIpc) is 3.42. The molecular formula is C29H40O4. The summed E-state index contributed by atoms with van der Waals surface area (Å²) in [6.07, 6.45) is 17.7. The first-order chi connectivity index (χ1) is 15.8. The number of hydrogen-bond donors (Lipinski definition) is 1. The quantitative estimate of drug-likeness (QED) is 0.491. The molecule has 1 aromatic rings. The minimum Gasteiger partial charge on any atom is -0.472 e. The van der Waals surface area contributed by atoms with Crippen molar-refractivity contribution in [1.82, 2.24) is 0 Å². The summed E-state index contributed by atoms with van der Waals surface area (Å²) in [4.78, 5) is 0. The Bertz CT molecular complexity index is 918. The van der Waals surface area contributed by atoms with Crippen molar-refractivity contribution in [2.24, 2.45) is 22.7 Å². The van der Waals surface area contributed by atoms with E-state index in [0.717, 1.165) is 56.9 Å². The Balaban J connectivity index is 1.49. The first-order valence-corrected chi connectivity index (χ1v) is 12.8. The number of fused-ring (bicyclic) bond motifs is 5. The normalized spacial score (nSPS) is 44.3. The summed E-state index contributed by atoms with van der Waals surface area (Å²) in [7, 11) is 0. The number of allylic oxidation sites excluding steroid dienone is 1. The molecule has 0 spiro atoms. The monoisotopic (exact) mass is 452 g/mol. The van der Waals surface area contributed by atoms with Gasteiger partial charge in [0.25, 0.3) is 0 Å². The molecule has 3 saturated carbocycles. The van der Waals surface area contributed by atoms with Gasteiger partial charge in [0.05, 0.1) is 37.4 Å². The molecule has 0 amide bonds. The standard InChI is InChI=1S/C29H40O4/c1-5-16-32-23-9-12-26(3)21(19-23)7-8-25-24(26)10-13-27(4)28(25,30)14-15-29(27,33-17-6-2)22-11-18-31-20-22/h5-6,11,18-20,23-25,30H,1-2,7-10,12-17H2,3-4H3/t23-,24-,25+,26-,27-,28-,29-/m0/s1. The van der Waals surface area contributed by atoms with Crippen LogP contribution in [-0.2, 0) is 15.1 Å². The molecule has 1 aromatic heterocycles. The van der Waals surface area contributed by atoms with E-state index in [1.54, 1.807) is 11.8 Å². The molecule has 4 aliphatic rings. The van der Waals surface area contributed by atoms with Crippen molar-refractivity contribution in [2.45, 2.75) is 82.5 Å². The van der Waals surface area contributed by atoms with Crippen LogP contribution >= 0.6 is 0 Å². The van der Waals surface area contributed by atoms with Gasteiger partial charge in [-0.3, -0.25) is 0 Å². The summed E-state index contributed by atoms with van der Waals surface area (Å²) >= 11 is 0. The molecule has 4 nitrogen and oxygen atoms in total. The minimum absolute atomic E-state index is 0.150. The first kappa shape index (κ1) is 23.1. The molecule has 0 bridgehead atoms. The summed E-state index contributed by atoms with van der Waals surface area (Å²) < 4.78 is 18.1. The van der Waals surface area contributed by atoms with Gasteiger partial charge >= 0.3 is 0 Å². The van der Waals surface area contributed by atoms with Crippen LogP contribution in [0.3, 0.4) is 0 Å². The zero-order valence-electron chi connectivity index (χ0n) is 20.4. The molecule has 4 aliphatic carbocycles. The number of hydrogen-bond acceptors (Lipinski definition) is 4. The largest absolute Gasteiger partial charge is 0.472 e. The Hall–Kier alpha value is -1.62. The molecule has 1 heterocycles.